The van der Waals surface area contributed by atoms with Gasteiger partial charge in [0, 0.05) is 13.1 Å². The molecule has 5 heteroatoms. The van der Waals surface area contributed by atoms with Crippen LogP contribution in [0.15, 0.2) is 0 Å². The minimum atomic E-state index is -0.668. The summed E-state index contributed by atoms with van der Waals surface area (Å²) in [6, 6.07) is 0. The van der Waals surface area contributed by atoms with E-state index in [-0.39, 0.29) is 0 Å². The quantitative estimate of drug-likeness (QED) is 0.571. The largest absolute Gasteiger partial charge is 0.379 e. The molecule has 0 aromatic rings. The van der Waals surface area contributed by atoms with Crippen LogP contribution in [0.1, 0.15) is 13.8 Å². The predicted molar refractivity (Wildman–Crippen MR) is 47.6 cm³/mol. The van der Waals surface area contributed by atoms with E-state index in [4.69, 9.17) is 4.74 Å². The van der Waals surface area contributed by atoms with Gasteiger partial charge in [0.2, 0.25) is 0 Å². The molecule has 1 aliphatic heterocycles. The topological polar surface area (TPSA) is 56.2 Å². The minimum Gasteiger partial charge on any atom is -0.379 e. The van der Waals surface area contributed by atoms with Crippen molar-refractivity contribution in [2.24, 2.45) is 0 Å². The van der Waals surface area contributed by atoms with Crippen molar-refractivity contribution >= 4 is 0 Å². The highest BCUT2D eigenvalue weighted by molar-refractivity contribution is 4.63. The van der Waals surface area contributed by atoms with Crippen LogP contribution in [-0.2, 0) is 4.74 Å². The molecule has 0 amide bonds. The monoisotopic (exact) mass is 190 g/mol. The van der Waals surface area contributed by atoms with Crippen molar-refractivity contribution < 1.29 is 14.9 Å². The van der Waals surface area contributed by atoms with E-state index >= 15 is 0 Å². The lowest BCUT2D eigenvalue weighted by atomic mass is 10.4. The van der Waals surface area contributed by atoms with Crippen molar-refractivity contribution in [1.29, 1.82) is 0 Å². The summed E-state index contributed by atoms with van der Waals surface area (Å²) < 4.78 is 5.18. The molecule has 78 valence electrons. The number of rotatable bonds is 3. The maximum Gasteiger partial charge on any atom is 0.120 e. The molecule has 1 fully saturated rings. The normalized spacial score (nSPS) is 24.7. The summed E-state index contributed by atoms with van der Waals surface area (Å²) in [5.74, 6) is 0. The smallest absolute Gasteiger partial charge is 0.120 e. The van der Waals surface area contributed by atoms with Crippen molar-refractivity contribution in [3.05, 3.63) is 0 Å². The molecule has 2 unspecified atom stereocenters. The number of morpholine rings is 1. The second-order valence-corrected chi connectivity index (χ2v) is 3.21. The summed E-state index contributed by atoms with van der Waals surface area (Å²) in [6.07, 6.45) is -1.34. The van der Waals surface area contributed by atoms with Gasteiger partial charge in [-0.1, -0.05) is 0 Å². The Morgan fingerprint density at radius 2 is 1.62 bits per heavy atom. The molecule has 1 heterocycles. The third kappa shape index (κ3) is 2.89. The van der Waals surface area contributed by atoms with Gasteiger partial charge in [0.25, 0.3) is 0 Å². The number of hydrogen-bond donors (Lipinski definition) is 2. The zero-order chi connectivity index (χ0) is 9.84. The Bertz CT molecular complexity index is 138. The van der Waals surface area contributed by atoms with Crippen LogP contribution in [0.25, 0.3) is 0 Å². The molecule has 2 N–H and O–H groups in total. The van der Waals surface area contributed by atoms with Crippen LogP contribution >= 0.6 is 0 Å². The number of hydrogen-bond acceptors (Lipinski definition) is 5. The van der Waals surface area contributed by atoms with Crippen LogP contribution in [0.3, 0.4) is 0 Å². The molecule has 0 radical (unpaired) electrons. The fraction of sp³-hybridized carbons (Fsp3) is 1.00. The molecular weight excluding hydrogens is 172 g/mol. The van der Waals surface area contributed by atoms with Crippen LogP contribution < -0.4 is 0 Å². The first-order valence-electron chi connectivity index (χ1n) is 4.60. The maximum atomic E-state index is 9.42. The van der Waals surface area contributed by atoms with Crippen LogP contribution in [0, 0.1) is 0 Å². The van der Waals surface area contributed by atoms with E-state index in [2.05, 4.69) is 0 Å². The average molecular weight is 190 g/mol. The molecule has 5 nitrogen and oxygen atoms in total. The van der Waals surface area contributed by atoms with Crippen LogP contribution in [0.4, 0.5) is 0 Å². The predicted octanol–water partition coefficient (Wildman–Crippen LogP) is -0.788. The van der Waals surface area contributed by atoms with Gasteiger partial charge in [0.15, 0.2) is 0 Å². The fourth-order valence-corrected chi connectivity index (χ4v) is 1.57. The van der Waals surface area contributed by atoms with E-state index in [0.717, 1.165) is 13.1 Å². The second-order valence-electron chi connectivity index (χ2n) is 3.21. The molecule has 1 saturated heterocycles. The number of hydrazine groups is 1. The lowest BCUT2D eigenvalue weighted by molar-refractivity contribution is -0.223. The third-order valence-corrected chi connectivity index (χ3v) is 2.08. The highest BCUT2D eigenvalue weighted by Gasteiger charge is 2.25. The minimum absolute atomic E-state index is 0.649. The van der Waals surface area contributed by atoms with Gasteiger partial charge < -0.3 is 14.9 Å². The van der Waals surface area contributed by atoms with Gasteiger partial charge in [-0.05, 0) is 13.8 Å². The third-order valence-electron chi connectivity index (χ3n) is 2.08. The van der Waals surface area contributed by atoms with Crippen LogP contribution in [-0.4, -0.2) is 59.0 Å². The van der Waals surface area contributed by atoms with Crippen molar-refractivity contribution in [2.45, 2.75) is 26.3 Å². The molecule has 0 aromatic heterocycles. The van der Waals surface area contributed by atoms with Gasteiger partial charge in [0.05, 0.1) is 13.2 Å². The number of ether oxygens (including phenoxy) is 1. The summed E-state index contributed by atoms with van der Waals surface area (Å²) in [4.78, 5) is 0. The zero-order valence-corrected chi connectivity index (χ0v) is 8.18. The summed E-state index contributed by atoms with van der Waals surface area (Å²) in [5, 5.41) is 22.3. The van der Waals surface area contributed by atoms with Crippen molar-refractivity contribution in [3.63, 3.8) is 0 Å². The summed E-state index contributed by atoms with van der Waals surface area (Å²) in [6.45, 7) is 6.02. The van der Waals surface area contributed by atoms with Gasteiger partial charge in [-0.25, -0.2) is 5.01 Å². The van der Waals surface area contributed by atoms with Crippen molar-refractivity contribution in [1.82, 2.24) is 10.0 Å². The summed E-state index contributed by atoms with van der Waals surface area (Å²) in [5.41, 5.74) is 0. The first-order chi connectivity index (χ1) is 6.13. The Labute approximate surface area is 78.5 Å². The Kier molecular flexibility index (Phi) is 4.08. The highest BCUT2D eigenvalue weighted by Crippen LogP contribution is 2.09. The Morgan fingerprint density at radius 3 is 2.00 bits per heavy atom. The number of nitrogens with zero attached hydrogens (tertiary/aromatic N) is 2. The summed E-state index contributed by atoms with van der Waals surface area (Å²) in [7, 11) is 0. The molecule has 0 aliphatic carbocycles. The molecular formula is C8H18N2O3. The lowest BCUT2D eigenvalue weighted by Gasteiger charge is -2.40. The fourth-order valence-electron chi connectivity index (χ4n) is 1.57. The Hall–Kier alpha value is -0.200. The molecule has 0 spiro atoms. The van der Waals surface area contributed by atoms with E-state index in [1.807, 2.05) is 5.01 Å². The molecule has 0 bridgehead atoms. The van der Waals surface area contributed by atoms with Crippen molar-refractivity contribution in [2.75, 3.05) is 26.3 Å². The van der Waals surface area contributed by atoms with E-state index in [9.17, 15) is 10.2 Å². The van der Waals surface area contributed by atoms with E-state index < -0.39 is 12.5 Å². The van der Waals surface area contributed by atoms with E-state index in [1.54, 1.807) is 18.9 Å². The standard InChI is InChI=1S/C8H18N2O3/c1-7(11)10(8(2)12)9-3-5-13-6-4-9/h7-8,11-12H,3-6H2,1-2H3. The average Bonchev–Trinajstić information content (AvgIpc) is 2.04. The summed E-state index contributed by atoms with van der Waals surface area (Å²) >= 11 is 0. The van der Waals surface area contributed by atoms with Gasteiger partial charge in [-0.2, -0.15) is 5.01 Å². The molecule has 0 aromatic carbocycles. The van der Waals surface area contributed by atoms with Crippen LogP contribution in [0.2, 0.25) is 0 Å². The van der Waals surface area contributed by atoms with E-state index in [1.165, 1.54) is 0 Å². The van der Waals surface area contributed by atoms with Gasteiger partial charge in [-0.15, -0.1) is 0 Å². The van der Waals surface area contributed by atoms with Crippen LogP contribution in [0.5, 0.6) is 0 Å². The second kappa shape index (κ2) is 4.88. The molecule has 13 heavy (non-hydrogen) atoms. The first-order valence-corrected chi connectivity index (χ1v) is 4.60. The van der Waals surface area contributed by atoms with E-state index in [0.29, 0.717) is 13.2 Å². The van der Waals surface area contributed by atoms with Gasteiger partial charge >= 0.3 is 0 Å². The maximum absolute atomic E-state index is 9.42. The zero-order valence-electron chi connectivity index (χ0n) is 8.18. The number of aliphatic hydroxyl groups is 2. The van der Waals surface area contributed by atoms with Gasteiger partial charge in [0.1, 0.15) is 12.5 Å². The van der Waals surface area contributed by atoms with Gasteiger partial charge in [-0.3, -0.25) is 0 Å². The highest BCUT2D eigenvalue weighted by atomic mass is 16.5. The number of aliphatic hydroxyl groups excluding tert-OH is 2. The lowest BCUT2D eigenvalue weighted by Crippen LogP contribution is -2.55. The first kappa shape index (κ1) is 10.9. The Balaban J connectivity index is 2.52. The molecule has 1 aliphatic rings. The van der Waals surface area contributed by atoms with Crippen molar-refractivity contribution in [3.8, 4) is 0 Å². The Morgan fingerprint density at radius 1 is 1.15 bits per heavy atom. The SMILES string of the molecule is CC(O)N(C(C)O)N1CCOCC1. The molecule has 2 atom stereocenters. The molecule has 1 rings (SSSR count). The molecule has 0 saturated carbocycles.